The summed E-state index contributed by atoms with van der Waals surface area (Å²) in [5.74, 6) is 0.490. The largest absolute Gasteiger partial charge is 0.453 e. The van der Waals surface area contributed by atoms with E-state index in [4.69, 9.17) is 16.0 Å². The van der Waals surface area contributed by atoms with Crippen molar-refractivity contribution in [1.29, 1.82) is 0 Å². The summed E-state index contributed by atoms with van der Waals surface area (Å²) in [4.78, 5) is 12.2. The Morgan fingerprint density at radius 3 is 2.95 bits per heavy atom. The minimum Gasteiger partial charge on any atom is -0.453 e. The molecule has 2 nitrogen and oxygen atoms in total. The highest BCUT2D eigenvalue weighted by Gasteiger charge is 2.15. The van der Waals surface area contributed by atoms with Crippen molar-refractivity contribution in [3.63, 3.8) is 0 Å². The van der Waals surface area contributed by atoms with Crippen molar-refractivity contribution in [3.8, 4) is 0 Å². The summed E-state index contributed by atoms with van der Waals surface area (Å²) in [6.45, 7) is 0. The van der Waals surface area contributed by atoms with Gasteiger partial charge < -0.3 is 4.42 Å². The van der Waals surface area contributed by atoms with E-state index in [2.05, 4.69) is 6.08 Å². The number of allylic oxidation sites excluding steroid dienone is 2. The molecule has 0 bridgehead atoms. The van der Waals surface area contributed by atoms with Gasteiger partial charge >= 0.3 is 0 Å². The molecule has 1 aromatic heterocycles. The van der Waals surface area contributed by atoms with Crippen LogP contribution in [0.15, 0.2) is 40.3 Å². The van der Waals surface area contributed by atoms with Gasteiger partial charge in [0.2, 0.25) is 5.78 Å². The molecule has 1 aliphatic rings. The molecule has 0 fully saturated rings. The van der Waals surface area contributed by atoms with Crippen LogP contribution in [0.4, 0.5) is 0 Å². The number of fused-ring (bicyclic) bond motifs is 1. The minimum absolute atomic E-state index is 0.0560. The number of carbonyl (C=O) groups is 1. The smallest absolute Gasteiger partial charge is 0.202 e. The van der Waals surface area contributed by atoms with Gasteiger partial charge in [0.1, 0.15) is 5.58 Å². The second kappa shape index (κ2) is 5.22. The number of carbonyl (C=O) groups excluding carboxylic acids is 1. The van der Waals surface area contributed by atoms with Crippen LogP contribution in [0.5, 0.6) is 0 Å². The Morgan fingerprint density at radius 1 is 1.26 bits per heavy atom. The highest BCUT2D eigenvalue weighted by Crippen LogP contribution is 2.26. The van der Waals surface area contributed by atoms with Gasteiger partial charge in [-0.15, -0.1) is 0 Å². The van der Waals surface area contributed by atoms with Gasteiger partial charge in [0.15, 0.2) is 5.76 Å². The molecule has 1 aromatic carbocycles. The van der Waals surface area contributed by atoms with Crippen LogP contribution in [0.1, 0.15) is 42.7 Å². The SMILES string of the molecule is O=C(CC1=CCCCC1)c1cc2cc(Cl)ccc2o1. The van der Waals surface area contributed by atoms with E-state index in [0.717, 1.165) is 18.2 Å². The zero-order valence-corrected chi connectivity index (χ0v) is 11.4. The van der Waals surface area contributed by atoms with Crippen LogP contribution in [-0.2, 0) is 0 Å². The van der Waals surface area contributed by atoms with Gasteiger partial charge in [-0.05, 0) is 49.9 Å². The lowest BCUT2D eigenvalue weighted by Crippen LogP contribution is -2.01. The highest BCUT2D eigenvalue weighted by molar-refractivity contribution is 6.31. The molecule has 3 heteroatoms. The number of Topliss-reactive ketones (excluding diaryl/α,β-unsaturated/α-hetero) is 1. The minimum atomic E-state index is 0.0560. The molecule has 0 aliphatic heterocycles. The highest BCUT2D eigenvalue weighted by atomic mass is 35.5. The van der Waals surface area contributed by atoms with E-state index in [-0.39, 0.29) is 5.78 Å². The molecule has 0 N–H and O–H groups in total. The zero-order valence-electron chi connectivity index (χ0n) is 10.6. The van der Waals surface area contributed by atoms with Crippen LogP contribution >= 0.6 is 11.6 Å². The van der Waals surface area contributed by atoms with Crippen LogP contribution < -0.4 is 0 Å². The molecule has 0 radical (unpaired) electrons. The molecule has 1 aliphatic carbocycles. The molecule has 3 rings (SSSR count). The first-order valence-corrected chi connectivity index (χ1v) is 7.00. The maximum Gasteiger partial charge on any atom is 0.202 e. The van der Waals surface area contributed by atoms with Crippen LogP contribution in [0.3, 0.4) is 0 Å². The maximum absolute atomic E-state index is 12.2. The Morgan fingerprint density at radius 2 is 2.16 bits per heavy atom. The second-order valence-corrected chi connectivity index (χ2v) is 5.44. The number of benzene rings is 1. The van der Waals surface area contributed by atoms with Crippen molar-refractivity contribution in [3.05, 3.63) is 46.7 Å². The average Bonchev–Trinajstić information content (AvgIpc) is 2.83. The zero-order chi connectivity index (χ0) is 13.2. The Balaban J connectivity index is 1.83. The van der Waals surface area contributed by atoms with Crippen molar-refractivity contribution in [1.82, 2.24) is 0 Å². The van der Waals surface area contributed by atoms with Gasteiger partial charge in [0.05, 0.1) is 0 Å². The van der Waals surface area contributed by atoms with Crippen molar-refractivity contribution >= 4 is 28.4 Å². The van der Waals surface area contributed by atoms with Crippen LogP contribution in [-0.4, -0.2) is 5.78 Å². The van der Waals surface area contributed by atoms with E-state index in [1.165, 1.54) is 18.4 Å². The third kappa shape index (κ3) is 2.74. The van der Waals surface area contributed by atoms with Gasteiger partial charge in [-0.3, -0.25) is 4.79 Å². The molecule has 0 spiro atoms. The monoisotopic (exact) mass is 274 g/mol. The first-order valence-electron chi connectivity index (χ1n) is 6.62. The molecule has 0 saturated heterocycles. The first kappa shape index (κ1) is 12.5. The van der Waals surface area contributed by atoms with Crippen molar-refractivity contribution in [2.45, 2.75) is 32.1 Å². The molecule has 2 aromatic rings. The predicted octanol–water partition coefficient (Wildman–Crippen LogP) is 5.16. The average molecular weight is 275 g/mol. The molecular weight excluding hydrogens is 260 g/mol. The normalized spacial score (nSPS) is 15.5. The summed E-state index contributed by atoms with van der Waals surface area (Å²) in [5, 5.41) is 1.54. The predicted molar refractivity (Wildman–Crippen MR) is 76.7 cm³/mol. The quantitative estimate of drug-likeness (QED) is 0.572. The summed E-state index contributed by atoms with van der Waals surface area (Å²) in [7, 11) is 0. The number of furan rings is 1. The van der Waals surface area contributed by atoms with Crippen molar-refractivity contribution in [2.24, 2.45) is 0 Å². The lowest BCUT2D eigenvalue weighted by molar-refractivity contribution is 0.0967. The first-order chi connectivity index (χ1) is 9.22. The molecule has 98 valence electrons. The number of hydrogen-bond donors (Lipinski definition) is 0. The molecule has 1 heterocycles. The lowest BCUT2D eigenvalue weighted by Gasteiger charge is -2.10. The topological polar surface area (TPSA) is 30.2 Å². The second-order valence-electron chi connectivity index (χ2n) is 5.00. The molecule has 0 unspecified atom stereocenters. The molecule has 0 saturated carbocycles. The van der Waals surface area contributed by atoms with E-state index >= 15 is 0 Å². The van der Waals surface area contributed by atoms with Crippen LogP contribution in [0.25, 0.3) is 11.0 Å². The van der Waals surface area contributed by atoms with E-state index < -0.39 is 0 Å². The summed E-state index contributed by atoms with van der Waals surface area (Å²) < 4.78 is 5.59. The van der Waals surface area contributed by atoms with Gasteiger partial charge in [0.25, 0.3) is 0 Å². The number of hydrogen-bond acceptors (Lipinski definition) is 2. The fraction of sp³-hybridized carbons (Fsp3) is 0.312. The van der Waals surface area contributed by atoms with Gasteiger partial charge in [-0.1, -0.05) is 23.3 Å². The lowest BCUT2D eigenvalue weighted by atomic mass is 9.95. The molecule has 19 heavy (non-hydrogen) atoms. The van der Waals surface area contributed by atoms with Crippen LogP contribution in [0, 0.1) is 0 Å². The fourth-order valence-electron chi connectivity index (χ4n) is 2.51. The fourth-order valence-corrected chi connectivity index (χ4v) is 2.69. The standard InChI is InChI=1S/C16H15ClO2/c17-13-6-7-15-12(9-13)10-16(19-15)14(18)8-11-4-2-1-3-5-11/h4,6-7,9-10H,1-3,5,8H2. The van der Waals surface area contributed by atoms with Gasteiger partial charge in [0, 0.05) is 16.8 Å². The van der Waals surface area contributed by atoms with Crippen molar-refractivity contribution in [2.75, 3.05) is 0 Å². The number of ketones is 1. The van der Waals surface area contributed by atoms with Gasteiger partial charge in [-0.25, -0.2) is 0 Å². The third-order valence-corrected chi connectivity index (χ3v) is 3.76. The summed E-state index contributed by atoms with van der Waals surface area (Å²) in [6.07, 6.45) is 7.24. The Labute approximate surface area is 117 Å². The van der Waals surface area contributed by atoms with Crippen LogP contribution in [0.2, 0.25) is 5.02 Å². The summed E-state index contributed by atoms with van der Waals surface area (Å²) in [5.41, 5.74) is 1.96. The Kier molecular flexibility index (Phi) is 3.43. The summed E-state index contributed by atoms with van der Waals surface area (Å²) in [6, 6.07) is 7.17. The van der Waals surface area contributed by atoms with Gasteiger partial charge in [-0.2, -0.15) is 0 Å². The molecular formula is C16H15ClO2. The van der Waals surface area contributed by atoms with E-state index in [0.29, 0.717) is 22.8 Å². The molecule has 0 atom stereocenters. The Hall–Kier alpha value is -1.54. The van der Waals surface area contributed by atoms with E-state index in [9.17, 15) is 4.79 Å². The number of rotatable bonds is 3. The third-order valence-electron chi connectivity index (χ3n) is 3.53. The van der Waals surface area contributed by atoms with E-state index in [1.54, 1.807) is 18.2 Å². The van der Waals surface area contributed by atoms with E-state index in [1.807, 2.05) is 6.07 Å². The maximum atomic E-state index is 12.2. The number of halogens is 1. The van der Waals surface area contributed by atoms with Crippen molar-refractivity contribution < 1.29 is 9.21 Å². The molecule has 0 amide bonds. The Bertz CT molecular complexity index is 652. The summed E-state index contributed by atoms with van der Waals surface area (Å²) >= 11 is 5.93.